The van der Waals surface area contributed by atoms with Crippen molar-refractivity contribution in [2.45, 2.75) is 97.8 Å². The van der Waals surface area contributed by atoms with Crippen LogP contribution in [-0.4, -0.2) is 16.2 Å². The summed E-state index contributed by atoms with van der Waals surface area (Å²) in [6, 6.07) is 54.8. The molecule has 0 saturated carbocycles. The number of fused-ring (bicyclic) bond motifs is 3. The fraction of sp³-hybridized carbons (Fsp3) is 0.271. The molecule has 0 aliphatic carbocycles. The third-order valence-electron chi connectivity index (χ3n) is 13.0. The summed E-state index contributed by atoms with van der Waals surface area (Å²) in [5.74, 6) is 2.46. The van der Waals surface area contributed by atoms with Gasteiger partial charge in [0.1, 0.15) is 17.3 Å². The van der Waals surface area contributed by atoms with Crippen LogP contribution >= 0.6 is 0 Å². The average Bonchev–Trinajstić information content (AvgIpc) is 3.87. The van der Waals surface area contributed by atoms with Crippen LogP contribution in [0.4, 0.5) is 11.4 Å². The molecule has 5 nitrogen and oxygen atoms in total. The van der Waals surface area contributed by atoms with Gasteiger partial charge in [-0.05, 0) is 98.2 Å². The van der Waals surface area contributed by atoms with Crippen LogP contribution in [-0.2, 0) is 21.7 Å². The van der Waals surface area contributed by atoms with Gasteiger partial charge in [-0.15, -0.1) is 0 Å². The van der Waals surface area contributed by atoms with Crippen molar-refractivity contribution >= 4 is 33.2 Å². The van der Waals surface area contributed by atoms with Crippen LogP contribution in [0.1, 0.15) is 98.4 Å². The highest BCUT2D eigenvalue weighted by Crippen LogP contribution is 2.46. The molecule has 5 heteroatoms. The maximum Gasteiger partial charge on any atom is 0.137 e. The molecule has 64 heavy (non-hydrogen) atoms. The second-order valence-electron chi connectivity index (χ2n) is 21.1. The maximum atomic E-state index is 7.23. The summed E-state index contributed by atoms with van der Waals surface area (Å²) in [4.78, 5) is 9.88. The molecule has 6 aromatic carbocycles. The predicted molar refractivity (Wildman–Crippen MR) is 270 cm³/mol. The van der Waals surface area contributed by atoms with Crippen molar-refractivity contribution < 1.29 is 4.74 Å². The fourth-order valence-electron chi connectivity index (χ4n) is 9.22. The summed E-state index contributed by atoms with van der Waals surface area (Å²) in [6.07, 6.45) is 4.30. The third-order valence-corrected chi connectivity index (χ3v) is 13.0. The summed E-state index contributed by atoms with van der Waals surface area (Å²) in [5.41, 5.74) is 12.4. The van der Waals surface area contributed by atoms with Crippen LogP contribution < -0.4 is 14.5 Å². The number of aromatic nitrogens is 2. The largest absolute Gasteiger partial charge is 0.457 e. The second kappa shape index (κ2) is 15.9. The van der Waals surface area contributed by atoms with E-state index in [0.717, 1.165) is 45.2 Å². The highest BCUT2D eigenvalue weighted by molar-refractivity contribution is 6.11. The van der Waals surface area contributed by atoms with Gasteiger partial charge in [0.2, 0.25) is 0 Å². The number of anilines is 2. The number of hydrogen-bond donors (Lipinski definition) is 0. The Morgan fingerprint density at radius 2 is 1.14 bits per heavy atom. The van der Waals surface area contributed by atoms with Gasteiger partial charge in [0, 0.05) is 57.8 Å². The van der Waals surface area contributed by atoms with Gasteiger partial charge in [-0.3, -0.25) is 4.57 Å². The standard InChI is InChI=1S/C59H62N4O/c1-56(2,3)43-25-20-26-45(33-43)61-38-53(59(10,11)42-23-16-13-17-24-42)62(39-61)46-31-41(40-21-14-12-15-22-40)32-47(35-46)64-48-36-50(58(7,8)9)55-49-27-18-19-28-51(49)63(52(55)37-48)54-34-44(29-30-60-54)57(4,5)6/h12-38H,39H2,1-11H3. The zero-order chi connectivity index (χ0) is 45.2. The van der Waals surface area contributed by atoms with E-state index in [0.29, 0.717) is 6.67 Å². The maximum absolute atomic E-state index is 7.23. The first-order valence-electron chi connectivity index (χ1n) is 22.7. The lowest BCUT2D eigenvalue weighted by atomic mass is 9.81. The molecule has 8 aromatic rings. The molecular weight excluding hydrogens is 781 g/mol. The van der Waals surface area contributed by atoms with Crippen molar-refractivity contribution in [1.82, 2.24) is 9.55 Å². The van der Waals surface area contributed by atoms with Crippen molar-refractivity contribution in [3.8, 4) is 28.4 Å². The van der Waals surface area contributed by atoms with E-state index in [1.54, 1.807) is 0 Å². The molecule has 0 amide bonds. The summed E-state index contributed by atoms with van der Waals surface area (Å²) >= 11 is 0. The normalized spacial score (nSPS) is 13.8. The molecule has 324 valence electrons. The molecule has 0 fully saturated rings. The van der Waals surface area contributed by atoms with Crippen LogP contribution in [0.5, 0.6) is 11.5 Å². The van der Waals surface area contributed by atoms with Gasteiger partial charge in [-0.2, -0.15) is 0 Å². The number of ether oxygens (including phenoxy) is 1. The molecule has 0 bridgehead atoms. The Morgan fingerprint density at radius 3 is 1.84 bits per heavy atom. The Bertz CT molecular complexity index is 3030. The van der Waals surface area contributed by atoms with E-state index in [-0.39, 0.29) is 21.7 Å². The van der Waals surface area contributed by atoms with Gasteiger partial charge in [-0.25, -0.2) is 4.98 Å². The minimum atomic E-state index is -0.320. The summed E-state index contributed by atoms with van der Waals surface area (Å²) in [7, 11) is 0. The molecule has 0 unspecified atom stereocenters. The Balaban J connectivity index is 1.22. The molecule has 0 spiro atoms. The summed E-state index contributed by atoms with van der Waals surface area (Å²) < 4.78 is 9.55. The van der Waals surface area contributed by atoms with Crippen molar-refractivity contribution in [2.24, 2.45) is 0 Å². The highest BCUT2D eigenvalue weighted by Gasteiger charge is 2.36. The molecule has 2 aromatic heterocycles. The molecule has 3 heterocycles. The lowest BCUT2D eigenvalue weighted by Gasteiger charge is -2.34. The zero-order valence-corrected chi connectivity index (χ0v) is 39.5. The SMILES string of the molecule is CC(C)(C)c1cccc(N2C=C(C(C)(C)c3ccccc3)N(c3cc(Oc4cc(C(C)(C)C)c5c6ccccc6n(-c6cc(C(C)(C)C)ccn6)c5c4)cc(-c4ccccc4)c3)C2)c1. The topological polar surface area (TPSA) is 33.5 Å². The predicted octanol–water partition coefficient (Wildman–Crippen LogP) is 15.6. The molecule has 1 aliphatic rings. The first kappa shape index (κ1) is 42.7. The smallest absolute Gasteiger partial charge is 0.137 e. The van der Waals surface area contributed by atoms with Crippen LogP contribution in [0.25, 0.3) is 38.8 Å². The van der Waals surface area contributed by atoms with Crippen LogP contribution in [0.2, 0.25) is 0 Å². The van der Waals surface area contributed by atoms with E-state index in [9.17, 15) is 0 Å². The zero-order valence-electron chi connectivity index (χ0n) is 39.5. The first-order valence-corrected chi connectivity index (χ1v) is 22.7. The quantitative estimate of drug-likeness (QED) is 0.153. The van der Waals surface area contributed by atoms with Crippen LogP contribution in [0.15, 0.2) is 170 Å². The Kier molecular flexibility index (Phi) is 10.6. The van der Waals surface area contributed by atoms with Gasteiger partial charge in [0.05, 0.1) is 17.7 Å². The summed E-state index contributed by atoms with van der Waals surface area (Å²) in [6.45, 7) is 25.8. The molecule has 0 radical (unpaired) electrons. The monoisotopic (exact) mass is 842 g/mol. The molecule has 9 rings (SSSR count). The van der Waals surface area contributed by atoms with E-state index in [2.05, 4.69) is 248 Å². The van der Waals surface area contributed by atoms with Gasteiger partial charge in [0.15, 0.2) is 0 Å². The Morgan fingerprint density at radius 1 is 0.500 bits per heavy atom. The number of pyridine rings is 1. The van der Waals surface area contributed by atoms with Crippen molar-refractivity contribution in [3.63, 3.8) is 0 Å². The van der Waals surface area contributed by atoms with Gasteiger partial charge in [0.25, 0.3) is 0 Å². The van der Waals surface area contributed by atoms with E-state index in [4.69, 9.17) is 9.72 Å². The average molecular weight is 843 g/mol. The van der Waals surface area contributed by atoms with Gasteiger partial charge < -0.3 is 14.5 Å². The molecule has 1 aliphatic heterocycles. The van der Waals surface area contributed by atoms with Crippen molar-refractivity contribution in [3.05, 3.63) is 192 Å². The second-order valence-corrected chi connectivity index (χ2v) is 21.1. The minimum absolute atomic E-state index is 0.0265. The number of para-hydroxylation sites is 1. The van der Waals surface area contributed by atoms with Gasteiger partial charge >= 0.3 is 0 Å². The Labute approximate surface area is 380 Å². The summed E-state index contributed by atoms with van der Waals surface area (Å²) in [5, 5.41) is 2.43. The number of rotatable bonds is 8. The van der Waals surface area contributed by atoms with E-state index < -0.39 is 0 Å². The van der Waals surface area contributed by atoms with Crippen molar-refractivity contribution in [2.75, 3.05) is 16.5 Å². The fourth-order valence-corrected chi connectivity index (χ4v) is 9.22. The third kappa shape index (κ3) is 8.09. The highest BCUT2D eigenvalue weighted by atomic mass is 16.5. The lowest BCUT2D eigenvalue weighted by Crippen LogP contribution is -2.34. The van der Waals surface area contributed by atoms with Gasteiger partial charge in [-0.1, -0.05) is 167 Å². The van der Waals surface area contributed by atoms with Crippen LogP contribution in [0, 0.1) is 0 Å². The van der Waals surface area contributed by atoms with E-state index >= 15 is 0 Å². The van der Waals surface area contributed by atoms with Crippen molar-refractivity contribution in [1.29, 1.82) is 0 Å². The molecule has 0 N–H and O–H groups in total. The molecular formula is C59H62N4O. The van der Waals surface area contributed by atoms with Crippen LogP contribution in [0.3, 0.4) is 0 Å². The van der Waals surface area contributed by atoms with E-state index in [1.165, 1.54) is 44.4 Å². The lowest BCUT2D eigenvalue weighted by molar-refractivity contribution is 0.480. The Hall–Kier alpha value is -6.59. The number of allylic oxidation sites excluding steroid dienone is 1. The first-order chi connectivity index (χ1) is 30.4. The molecule has 0 atom stereocenters. The molecule has 0 saturated heterocycles. The minimum Gasteiger partial charge on any atom is -0.457 e. The number of benzene rings is 6. The van der Waals surface area contributed by atoms with E-state index in [1.807, 2.05) is 6.20 Å². The number of nitrogens with zero attached hydrogens (tertiary/aromatic N) is 4. The number of hydrogen-bond acceptors (Lipinski definition) is 4.